The Labute approximate surface area is 195 Å². The third-order valence-corrected chi connectivity index (χ3v) is 5.38. The van der Waals surface area contributed by atoms with Crippen molar-refractivity contribution in [2.45, 2.75) is 13.5 Å². The molecule has 0 bridgehead atoms. The van der Waals surface area contributed by atoms with E-state index in [-0.39, 0.29) is 0 Å². The minimum Gasteiger partial charge on any atom is -0.490 e. The van der Waals surface area contributed by atoms with Crippen LogP contribution in [0.3, 0.4) is 0 Å². The number of nitriles is 2. The minimum atomic E-state index is 0.294. The highest BCUT2D eigenvalue weighted by molar-refractivity contribution is 9.10. The van der Waals surface area contributed by atoms with Crippen molar-refractivity contribution in [1.29, 1.82) is 10.5 Å². The van der Waals surface area contributed by atoms with E-state index in [4.69, 9.17) is 26.3 Å². The molecule has 0 aliphatic carbocycles. The predicted molar refractivity (Wildman–Crippen MR) is 126 cm³/mol. The molecular weight excluding hydrogens is 476 g/mol. The van der Waals surface area contributed by atoms with E-state index in [1.807, 2.05) is 43.3 Å². The first-order valence-corrected chi connectivity index (χ1v) is 10.7. The summed E-state index contributed by atoms with van der Waals surface area (Å²) in [5.74, 6) is 1.13. The van der Waals surface area contributed by atoms with Crippen LogP contribution < -0.4 is 9.47 Å². The summed E-state index contributed by atoms with van der Waals surface area (Å²) < 4.78 is 12.5. The zero-order chi connectivity index (χ0) is 22.2. The Morgan fingerprint density at radius 1 is 1.06 bits per heavy atom. The Hall–Kier alpha value is -3.25. The molecule has 0 aliphatic heterocycles. The first-order valence-electron chi connectivity index (χ1n) is 9.50. The maximum atomic E-state index is 9.64. The molecule has 0 aliphatic rings. The highest BCUT2D eigenvalue weighted by Gasteiger charge is 2.13. The number of benzene rings is 3. The minimum absolute atomic E-state index is 0.294. The van der Waals surface area contributed by atoms with Crippen LogP contribution in [0.2, 0.25) is 5.02 Å². The smallest absolute Gasteiger partial charge is 0.175 e. The molecule has 3 aromatic carbocycles. The van der Waals surface area contributed by atoms with Gasteiger partial charge in [0.15, 0.2) is 11.5 Å². The number of hydrogen-bond donors (Lipinski definition) is 0. The summed E-state index contributed by atoms with van der Waals surface area (Å²) in [7, 11) is 0. The molecule has 0 saturated carbocycles. The summed E-state index contributed by atoms with van der Waals surface area (Å²) >= 11 is 9.79. The number of halogens is 2. The van der Waals surface area contributed by atoms with Crippen LogP contribution in [0.4, 0.5) is 0 Å². The molecule has 3 rings (SSSR count). The van der Waals surface area contributed by atoms with Gasteiger partial charge in [0, 0.05) is 10.6 Å². The van der Waals surface area contributed by atoms with E-state index in [0.717, 1.165) is 16.7 Å². The van der Waals surface area contributed by atoms with Crippen molar-refractivity contribution in [2.24, 2.45) is 0 Å². The van der Waals surface area contributed by atoms with Gasteiger partial charge in [-0.2, -0.15) is 10.5 Å². The van der Waals surface area contributed by atoms with E-state index < -0.39 is 0 Å². The first-order chi connectivity index (χ1) is 15.0. The van der Waals surface area contributed by atoms with Crippen LogP contribution in [0.1, 0.15) is 29.2 Å². The maximum Gasteiger partial charge on any atom is 0.175 e. The van der Waals surface area contributed by atoms with Crippen molar-refractivity contribution in [3.8, 4) is 23.6 Å². The number of ether oxygens (including phenoxy) is 2. The molecule has 154 valence electrons. The van der Waals surface area contributed by atoms with Gasteiger partial charge in [-0.05, 0) is 70.4 Å². The van der Waals surface area contributed by atoms with E-state index in [1.54, 1.807) is 30.3 Å². The van der Waals surface area contributed by atoms with Gasteiger partial charge in [0.05, 0.1) is 34.4 Å². The highest BCUT2D eigenvalue weighted by Crippen LogP contribution is 2.38. The predicted octanol–water partition coefficient (Wildman–Crippen LogP) is 7.02. The molecule has 0 unspecified atom stereocenters. The summed E-state index contributed by atoms with van der Waals surface area (Å²) in [6.45, 7) is 2.65. The van der Waals surface area contributed by atoms with Crippen molar-refractivity contribution in [2.75, 3.05) is 6.61 Å². The quantitative estimate of drug-likeness (QED) is 0.262. The lowest BCUT2D eigenvalue weighted by Gasteiger charge is -2.15. The van der Waals surface area contributed by atoms with E-state index in [2.05, 4.69) is 28.1 Å². The average molecular weight is 494 g/mol. The Morgan fingerprint density at radius 2 is 1.81 bits per heavy atom. The summed E-state index contributed by atoms with van der Waals surface area (Å²) in [5.41, 5.74) is 3.40. The number of rotatable bonds is 7. The molecule has 0 radical (unpaired) electrons. The summed E-state index contributed by atoms with van der Waals surface area (Å²) in [4.78, 5) is 0. The molecule has 0 spiro atoms. The van der Waals surface area contributed by atoms with Crippen LogP contribution in [-0.4, -0.2) is 6.61 Å². The second kappa shape index (κ2) is 10.7. The molecule has 4 nitrogen and oxygen atoms in total. The molecule has 0 atom stereocenters. The van der Waals surface area contributed by atoms with Crippen molar-refractivity contribution in [3.05, 3.63) is 92.4 Å². The number of nitrogens with zero attached hydrogens (tertiary/aromatic N) is 2. The summed E-state index contributed by atoms with van der Waals surface area (Å²) in [6, 6.07) is 22.4. The molecule has 3 aromatic rings. The van der Waals surface area contributed by atoms with E-state index >= 15 is 0 Å². The fraction of sp³-hybridized carbons (Fsp3) is 0.120. The van der Waals surface area contributed by atoms with E-state index in [1.165, 1.54) is 0 Å². The molecule has 0 heterocycles. The lowest BCUT2D eigenvalue weighted by molar-refractivity contribution is 0.267. The van der Waals surface area contributed by atoms with Gasteiger partial charge in [0.2, 0.25) is 0 Å². The highest BCUT2D eigenvalue weighted by atomic mass is 79.9. The Bertz CT molecular complexity index is 1190. The molecular formula is C25H18BrClN2O2. The fourth-order valence-electron chi connectivity index (χ4n) is 2.91. The molecule has 6 heteroatoms. The van der Waals surface area contributed by atoms with E-state index in [0.29, 0.717) is 45.3 Å². The molecule has 0 amide bonds. The second-order valence-electron chi connectivity index (χ2n) is 6.50. The Morgan fingerprint density at radius 3 is 2.45 bits per heavy atom. The molecule has 0 saturated heterocycles. The van der Waals surface area contributed by atoms with Gasteiger partial charge in [0.1, 0.15) is 6.61 Å². The normalized spacial score (nSPS) is 10.8. The van der Waals surface area contributed by atoms with Crippen LogP contribution in [0.15, 0.2) is 65.1 Å². The van der Waals surface area contributed by atoms with Crippen LogP contribution >= 0.6 is 27.5 Å². The van der Waals surface area contributed by atoms with Crippen molar-refractivity contribution >= 4 is 39.2 Å². The molecule has 0 aromatic heterocycles. The van der Waals surface area contributed by atoms with Gasteiger partial charge < -0.3 is 9.47 Å². The lowest BCUT2D eigenvalue weighted by atomic mass is 10.0. The third kappa shape index (κ3) is 5.67. The van der Waals surface area contributed by atoms with Crippen molar-refractivity contribution in [1.82, 2.24) is 0 Å². The van der Waals surface area contributed by atoms with Crippen LogP contribution in [0.25, 0.3) is 11.6 Å². The molecule has 0 N–H and O–H groups in total. The molecule has 0 fully saturated rings. The number of allylic oxidation sites excluding steroid dienone is 1. The van der Waals surface area contributed by atoms with Crippen LogP contribution in [0.5, 0.6) is 11.5 Å². The largest absolute Gasteiger partial charge is 0.490 e. The summed E-state index contributed by atoms with van der Waals surface area (Å²) in [6.07, 6.45) is 1.77. The zero-order valence-corrected chi connectivity index (χ0v) is 19.1. The van der Waals surface area contributed by atoms with Gasteiger partial charge in [-0.15, -0.1) is 0 Å². The second-order valence-corrected chi connectivity index (χ2v) is 7.76. The van der Waals surface area contributed by atoms with Crippen molar-refractivity contribution in [3.63, 3.8) is 0 Å². The Kier molecular flexibility index (Phi) is 7.73. The molecule has 31 heavy (non-hydrogen) atoms. The topological polar surface area (TPSA) is 66.0 Å². The SMILES string of the molecule is CCOc1cc(/C=C(/C#N)c2ccc(C#N)cc2)cc(Br)c1OCc1ccccc1Cl. The van der Waals surface area contributed by atoms with Crippen molar-refractivity contribution < 1.29 is 9.47 Å². The fourth-order valence-corrected chi connectivity index (χ4v) is 3.68. The summed E-state index contributed by atoms with van der Waals surface area (Å²) in [5, 5.41) is 19.2. The van der Waals surface area contributed by atoms with Gasteiger partial charge in [0.25, 0.3) is 0 Å². The van der Waals surface area contributed by atoms with Gasteiger partial charge >= 0.3 is 0 Å². The average Bonchev–Trinajstić information content (AvgIpc) is 2.78. The third-order valence-electron chi connectivity index (χ3n) is 4.42. The van der Waals surface area contributed by atoms with Gasteiger partial charge in [-0.3, -0.25) is 0 Å². The maximum absolute atomic E-state index is 9.64. The standard InChI is InChI=1S/C25H18BrClN2O2/c1-2-30-24-13-18(11-21(15-29)19-9-7-17(14-28)8-10-19)12-22(26)25(24)31-16-20-5-3-4-6-23(20)27/h3-13H,2,16H2,1H3/b21-11-. The first kappa shape index (κ1) is 22.4. The number of hydrogen-bond acceptors (Lipinski definition) is 4. The van der Waals surface area contributed by atoms with Crippen LogP contribution in [0, 0.1) is 22.7 Å². The zero-order valence-electron chi connectivity index (χ0n) is 16.7. The Balaban J connectivity index is 1.93. The lowest BCUT2D eigenvalue weighted by Crippen LogP contribution is -2.01. The van der Waals surface area contributed by atoms with E-state index in [9.17, 15) is 5.26 Å². The van der Waals surface area contributed by atoms with Gasteiger partial charge in [-0.25, -0.2) is 0 Å². The monoisotopic (exact) mass is 492 g/mol. The van der Waals surface area contributed by atoms with Crippen LogP contribution in [-0.2, 0) is 6.61 Å². The van der Waals surface area contributed by atoms with Gasteiger partial charge in [-0.1, -0.05) is 41.9 Å².